The minimum atomic E-state index is -0.686. The van der Waals surface area contributed by atoms with Gasteiger partial charge in [-0.2, -0.15) is 0 Å². The molecule has 3 atom stereocenters. The van der Waals surface area contributed by atoms with Crippen LogP contribution in [0, 0.1) is 12.7 Å². The number of rotatable bonds is 4. The van der Waals surface area contributed by atoms with E-state index in [-0.39, 0.29) is 17.3 Å². The second-order valence-electron chi connectivity index (χ2n) is 8.84. The van der Waals surface area contributed by atoms with E-state index in [1.807, 2.05) is 4.90 Å². The number of aromatic nitrogens is 3. The number of fused-ring (bicyclic) bond motifs is 2. The van der Waals surface area contributed by atoms with Crippen molar-refractivity contribution in [2.75, 3.05) is 13.1 Å². The topological polar surface area (TPSA) is 105 Å². The molecular weight excluding hydrogens is 415 g/mol. The number of hydrogen-bond acceptors (Lipinski definition) is 7. The summed E-state index contributed by atoms with van der Waals surface area (Å²) in [6, 6.07) is 4.39. The maximum Gasteiger partial charge on any atom is 0.257 e. The Morgan fingerprint density at radius 3 is 2.91 bits per heavy atom. The van der Waals surface area contributed by atoms with E-state index in [0.29, 0.717) is 61.6 Å². The summed E-state index contributed by atoms with van der Waals surface area (Å²) < 4.78 is 20.3. The van der Waals surface area contributed by atoms with E-state index >= 15 is 0 Å². The van der Waals surface area contributed by atoms with Crippen molar-refractivity contribution >= 4 is 11.0 Å². The third-order valence-corrected chi connectivity index (χ3v) is 6.84. The molecule has 0 radical (unpaired) electrons. The van der Waals surface area contributed by atoms with Gasteiger partial charge in [-0.05, 0) is 51.2 Å². The Kier molecular flexibility index (Phi) is 5.56. The average molecular weight is 442 g/mol. The smallest absolute Gasteiger partial charge is 0.257 e. The van der Waals surface area contributed by atoms with Gasteiger partial charge in [-0.15, -0.1) is 0 Å². The van der Waals surface area contributed by atoms with Crippen molar-refractivity contribution in [3.8, 4) is 0 Å². The number of aliphatic hydroxyl groups excluding tert-OH is 2. The van der Waals surface area contributed by atoms with Gasteiger partial charge in [0.25, 0.3) is 5.56 Å². The molecule has 1 fully saturated rings. The second kappa shape index (κ2) is 8.38. The Bertz CT molecular complexity index is 1210. The van der Waals surface area contributed by atoms with Gasteiger partial charge in [-0.25, -0.2) is 9.37 Å². The van der Waals surface area contributed by atoms with Crippen molar-refractivity contribution in [3.63, 3.8) is 0 Å². The third kappa shape index (κ3) is 3.74. The Hall–Kier alpha value is -2.62. The first kappa shape index (κ1) is 21.2. The minimum absolute atomic E-state index is 0.0206. The predicted molar refractivity (Wildman–Crippen MR) is 115 cm³/mol. The van der Waals surface area contributed by atoms with Crippen LogP contribution in [0.1, 0.15) is 60.5 Å². The zero-order valence-electron chi connectivity index (χ0n) is 18.0. The van der Waals surface area contributed by atoms with E-state index in [2.05, 4.69) is 10.1 Å². The molecule has 0 bridgehead atoms. The summed E-state index contributed by atoms with van der Waals surface area (Å²) in [6.07, 6.45) is 1.79. The number of benzene rings is 1. The van der Waals surface area contributed by atoms with Crippen LogP contribution in [0.15, 0.2) is 27.5 Å². The van der Waals surface area contributed by atoms with Gasteiger partial charge in [0.15, 0.2) is 5.58 Å². The molecule has 9 heteroatoms. The fraction of sp³-hybridized carbons (Fsp3) is 0.522. The minimum Gasteiger partial charge on any atom is -0.385 e. The molecule has 0 saturated carbocycles. The molecule has 1 saturated heterocycles. The van der Waals surface area contributed by atoms with Gasteiger partial charge in [0.1, 0.15) is 24.0 Å². The highest BCUT2D eigenvalue weighted by Gasteiger charge is 2.31. The monoisotopic (exact) mass is 442 g/mol. The van der Waals surface area contributed by atoms with E-state index in [1.165, 1.54) is 12.1 Å². The second-order valence-corrected chi connectivity index (χ2v) is 8.84. The van der Waals surface area contributed by atoms with Crippen molar-refractivity contribution in [2.45, 2.75) is 63.8 Å². The third-order valence-electron chi connectivity index (χ3n) is 6.84. The van der Waals surface area contributed by atoms with E-state index in [0.717, 1.165) is 23.9 Å². The molecule has 0 spiro atoms. The maximum absolute atomic E-state index is 13.4. The highest BCUT2D eigenvalue weighted by Crippen LogP contribution is 2.34. The standard InChI is InChI=1S/C23H27FN4O4/c1-13-16(23(31)28-8-2-3-18(29)22(28)25-13)7-10-27-9-6-14(11-20(27)30)21-17-5-4-15(24)12-19(17)32-26-21/h4-5,12,14,18,20,29-30H,2-3,6-11H2,1H3. The molecule has 3 unspecified atom stereocenters. The lowest BCUT2D eigenvalue weighted by Crippen LogP contribution is -2.43. The van der Waals surface area contributed by atoms with Crippen LogP contribution >= 0.6 is 0 Å². The van der Waals surface area contributed by atoms with Crippen LogP contribution in [0.4, 0.5) is 4.39 Å². The molecule has 2 aromatic heterocycles. The summed E-state index contributed by atoms with van der Waals surface area (Å²) in [5.74, 6) is 0.114. The van der Waals surface area contributed by atoms with E-state index in [1.54, 1.807) is 17.6 Å². The van der Waals surface area contributed by atoms with Gasteiger partial charge in [-0.3, -0.25) is 14.3 Å². The summed E-state index contributed by atoms with van der Waals surface area (Å²) >= 11 is 0. The Labute approximate surface area is 184 Å². The predicted octanol–water partition coefficient (Wildman–Crippen LogP) is 2.40. The lowest BCUT2D eigenvalue weighted by atomic mass is 9.90. The Morgan fingerprint density at radius 2 is 2.09 bits per heavy atom. The van der Waals surface area contributed by atoms with Crippen LogP contribution in [0.5, 0.6) is 0 Å². The van der Waals surface area contributed by atoms with Crippen LogP contribution < -0.4 is 5.56 Å². The Morgan fingerprint density at radius 1 is 1.25 bits per heavy atom. The number of hydrogen-bond donors (Lipinski definition) is 2. The molecule has 0 amide bonds. The van der Waals surface area contributed by atoms with E-state index in [9.17, 15) is 19.4 Å². The molecule has 170 valence electrons. The first-order chi connectivity index (χ1) is 15.4. The molecule has 1 aromatic carbocycles. The number of piperidine rings is 1. The van der Waals surface area contributed by atoms with E-state index in [4.69, 9.17) is 4.52 Å². The summed E-state index contributed by atoms with van der Waals surface area (Å²) in [5.41, 5.74) is 2.37. The molecule has 5 rings (SSSR count). The van der Waals surface area contributed by atoms with Crippen LogP contribution in [0.2, 0.25) is 0 Å². The SMILES string of the molecule is Cc1nc2n(c(=O)c1CCN1CCC(c3noc4cc(F)ccc34)CC1O)CCCC2O. The Balaban J connectivity index is 1.28. The van der Waals surface area contributed by atoms with Crippen molar-refractivity contribution in [2.24, 2.45) is 0 Å². The van der Waals surface area contributed by atoms with Gasteiger partial charge in [0.05, 0.1) is 5.69 Å². The summed E-state index contributed by atoms with van der Waals surface area (Å²) in [5, 5.41) is 25.9. The number of halogens is 1. The first-order valence-corrected chi connectivity index (χ1v) is 11.2. The van der Waals surface area contributed by atoms with Crippen molar-refractivity contribution in [1.82, 2.24) is 19.6 Å². The summed E-state index contributed by atoms with van der Waals surface area (Å²) in [6.45, 7) is 3.58. The number of likely N-dealkylation sites (tertiary alicyclic amines) is 1. The fourth-order valence-corrected chi connectivity index (χ4v) is 5.03. The lowest BCUT2D eigenvalue weighted by molar-refractivity contribution is -0.0305. The quantitative estimate of drug-likeness (QED) is 0.639. The van der Waals surface area contributed by atoms with Crippen molar-refractivity contribution in [3.05, 3.63) is 57.1 Å². The lowest BCUT2D eigenvalue weighted by Gasteiger charge is -2.36. The maximum atomic E-state index is 13.4. The molecule has 3 aromatic rings. The molecule has 4 heterocycles. The molecule has 32 heavy (non-hydrogen) atoms. The molecule has 2 N–H and O–H groups in total. The largest absolute Gasteiger partial charge is 0.385 e. The van der Waals surface area contributed by atoms with Gasteiger partial charge < -0.3 is 14.7 Å². The fourth-order valence-electron chi connectivity index (χ4n) is 5.03. The molecule has 2 aliphatic heterocycles. The summed E-state index contributed by atoms with van der Waals surface area (Å²) in [4.78, 5) is 19.4. The zero-order valence-corrected chi connectivity index (χ0v) is 18.0. The average Bonchev–Trinajstić information content (AvgIpc) is 3.18. The molecule has 2 aliphatic rings. The van der Waals surface area contributed by atoms with Crippen molar-refractivity contribution < 1.29 is 19.1 Å². The zero-order chi connectivity index (χ0) is 22.4. The first-order valence-electron chi connectivity index (χ1n) is 11.2. The van der Waals surface area contributed by atoms with Crippen LogP contribution in [-0.4, -0.2) is 49.1 Å². The highest BCUT2D eigenvalue weighted by atomic mass is 19.1. The van der Waals surface area contributed by atoms with Gasteiger partial charge >= 0.3 is 0 Å². The highest BCUT2D eigenvalue weighted by molar-refractivity contribution is 5.79. The van der Waals surface area contributed by atoms with Gasteiger partial charge in [0.2, 0.25) is 0 Å². The molecule has 8 nitrogen and oxygen atoms in total. The van der Waals surface area contributed by atoms with E-state index < -0.39 is 12.3 Å². The van der Waals surface area contributed by atoms with Gasteiger partial charge in [0, 0.05) is 48.3 Å². The number of nitrogens with zero attached hydrogens (tertiary/aromatic N) is 4. The summed E-state index contributed by atoms with van der Waals surface area (Å²) in [7, 11) is 0. The van der Waals surface area contributed by atoms with Crippen LogP contribution in [0.25, 0.3) is 11.0 Å². The van der Waals surface area contributed by atoms with Crippen LogP contribution in [0.3, 0.4) is 0 Å². The van der Waals surface area contributed by atoms with Gasteiger partial charge in [-0.1, -0.05) is 5.16 Å². The molecule has 0 aliphatic carbocycles. The van der Waals surface area contributed by atoms with Crippen LogP contribution in [-0.2, 0) is 13.0 Å². The van der Waals surface area contributed by atoms with Crippen molar-refractivity contribution in [1.29, 1.82) is 0 Å². The number of aliphatic hydroxyl groups is 2. The normalized spacial score (nSPS) is 24.1. The number of aryl methyl sites for hydroxylation is 1. The molecular formula is C23H27FN4O4.